The van der Waals surface area contributed by atoms with Gasteiger partial charge in [0.1, 0.15) is 0 Å². The zero-order chi connectivity index (χ0) is 10.5. The van der Waals surface area contributed by atoms with E-state index in [9.17, 15) is 0 Å². The molecule has 0 saturated carbocycles. The Kier molecular flexibility index (Phi) is 4.31. The van der Waals surface area contributed by atoms with Crippen LogP contribution in [0.2, 0.25) is 5.02 Å². The Bertz CT molecular complexity index is 429. The van der Waals surface area contributed by atoms with Crippen LogP contribution in [-0.2, 0) is 0 Å². The van der Waals surface area contributed by atoms with Gasteiger partial charge in [-0.2, -0.15) is 0 Å². The van der Waals surface area contributed by atoms with Crippen LogP contribution in [0.1, 0.15) is 0 Å². The van der Waals surface area contributed by atoms with Gasteiger partial charge in [0.25, 0.3) is 0 Å². The molecule has 0 unspecified atom stereocenters. The average Bonchev–Trinajstić information content (AvgIpc) is 2.28. The third kappa shape index (κ3) is 3.68. The summed E-state index contributed by atoms with van der Waals surface area (Å²) in [6.45, 7) is 0. The summed E-state index contributed by atoms with van der Waals surface area (Å²) in [4.78, 5) is 0. The molecule has 0 fully saturated rings. The normalized spacial score (nSPS) is 10.2. The summed E-state index contributed by atoms with van der Waals surface area (Å²) in [5.41, 5.74) is 0. The molecule has 3 heteroatoms. The zero-order valence-corrected chi connectivity index (χ0v) is 12.1. The molecule has 0 heterocycles. The van der Waals surface area contributed by atoms with Crippen LogP contribution in [0.4, 0.5) is 0 Å². The minimum absolute atomic E-state index is 0.541. The van der Waals surface area contributed by atoms with E-state index < -0.39 is 0 Å². The summed E-state index contributed by atoms with van der Waals surface area (Å²) in [6, 6.07) is 18.9. The standard InChI is InChI=1S/C12H9ClSe2/c13-10-5-4-8-12(9-10)15-14-11-6-2-1-3-7-11/h1-9H. The zero-order valence-electron chi connectivity index (χ0n) is 7.89. The molecule has 0 bridgehead atoms. The van der Waals surface area contributed by atoms with Crippen molar-refractivity contribution in [2.75, 3.05) is 0 Å². The molecule has 0 spiro atoms. The second-order valence-corrected chi connectivity index (χ2v) is 9.68. The molecule has 0 nitrogen and oxygen atoms in total. The Balaban J connectivity index is 1.99. The first-order valence-corrected chi connectivity index (χ1v) is 10.9. The monoisotopic (exact) mass is 348 g/mol. The van der Waals surface area contributed by atoms with Crippen molar-refractivity contribution in [1.29, 1.82) is 0 Å². The van der Waals surface area contributed by atoms with Crippen molar-refractivity contribution in [1.82, 2.24) is 0 Å². The predicted octanol–water partition coefficient (Wildman–Crippen LogP) is 1.61. The van der Waals surface area contributed by atoms with E-state index in [0.29, 0.717) is 26.3 Å². The molecule has 76 valence electrons. The van der Waals surface area contributed by atoms with Crippen LogP contribution in [0.15, 0.2) is 54.6 Å². The topological polar surface area (TPSA) is 0 Å². The van der Waals surface area contributed by atoms with Crippen molar-refractivity contribution in [2.45, 2.75) is 0 Å². The van der Waals surface area contributed by atoms with Crippen LogP contribution in [0.3, 0.4) is 0 Å². The van der Waals surface area contributed by atoms with E-state index in [1.54, 1.807) is 0 Å². The van der Waals surface area contributed by atoms with Gasteiger partial charge in [-0.3, -0.25) is 0 Å². The van der Waals surface area contributed by atoms with Crippen LogP contribution < -0.4 is 8.92 Å². The van der Waals surface area contributed by atoms with Gasteiger partial charge in [0.2, 0.25) is 0 Å². The second kappa shape index (κ2) is 5.74. The molecular formula is C12H9ClSe2. The van der Waals surface area contributed by atoms with Gasteiger partial charge in [-0.15, -0.1) is 0 Å². The third-order valence-corrected chi connectivity index (χ3v) is 9.20. The van der Waals surface area contributed by atoms with Crippen LogP contribution in [0.5, 0.6) is 0 Å². The molecule has 2 aromatic carbocycles. The second-order valence-electron chi connectivity index (χ2n) is 2.94. The van der Waals surface area contributed by atoms with Crippen LogP contribution in [-0.4, -0.2) is 26.3 Å². The Morgan fingerprint density at radius 2 is 1.40 bits per heavy atom. The van der Waals surface area contributed by atoms with E-state index in [-0.39, 0.29) is 0 Å². The summed E-state index contributed by atoms with van der Waals surface area (Å²) in [7, 11) is 0. The molecule has 0 amide bonds. The van der Waals surface area contributed by atoms with Crippen molar-refractivity contribution in [2.24, 2.45) is 0 Å². The fourth-order valence-corrected chi connectivity index (χ4v) is 7.48. The molecule has 0 radical (unpaired) electrons. The first-order chi connectivity index (χ1) is 7.34. The molecule has 15 heavy (non-hydrogen) atoms. The summed E-state index contributed by atoms with van der Waals surface area (Å²) in [6.07, 6.45) is 0. The molecular weight excluding hydrogens is 338 g/mol. The fourth-order valence-electron chi connectivity index (χ4n) is 1.09. The molecule has 0 aliphatic rings. The van der Waals surface area contributed by atoms with E-state index in [2.05, 4.69) is 42.5 Å². The third-order valence-electron chi connectivity index (χ3n) is 1.77. The molecule has 2 aromatic rings. The van der Waals surface area contributed by atoms with E-state index in [1.807, 2.05) is 12.1 Å². The van der Waals surface area contributed by atoms with Crippen molar-refractivity contribution in [3.8, 4) is 0 Å². The number of rotatable bonds is 3. The molecule has 0 saturated heterocycles. The van der Waals surface area contributed by atoms with Gasteiger partial charge in [-0.1, -0.05) is 0 Å². The molecule has 0 aliphatic carbocycles. The summed E-state index contributed by atoms with van der Waals surface area (Å²) in [5.74, 6) is 0. The van der Waals surface area contributed by atoms with Crippen molar-refractivity contribution in [3.63, 3.8) is 0 Å². The van der Waals surface area contributed by atoms with Gasteiger partial charge in [0.05, 0.1) is 0 Å². The van der Waals surface area contributed by atoms with E-state index in [0.717, 1.165) is 5.02 Å². The molecule has 0 aromatic heterocycles. The number of benzene rings is 2. The van der Waals surface area contributed by atoms with Gasteiger partial charge >= 0.3 is 106 Å². The van der Waals surface area contributed by atoms with Gasteiger partial charge in [-0.25, -0.2) is 0 Å². The van der Waals surface area contributed by atoms with E-state index in [4.69, 9.17) is 11.6 Å². The fraction of sp³-hybridized carbons (Fsp3) is 0. The van der Waals surface area contributed by atoms with Crippen molar-refractivity contribution < 1.29 is 0 Å². The first kappa shape index (κ1) is 11.3. The van der Waals surface area contributed by atoms with Crippen molar-refractivity contribution >= 4 is 46.8 Å². The average molecular weight is 347 g/mol. The maximum atomic E-state index is 5.94. The quantitative estimate of drug-likeness (QED) is 0.741. The summed E-state index contributed by atoms with van der Waals surface area (Å²) in [5, 5.41) is 0.846. The van der Waals surface area contributed by atoms with Gasteiger partial charge in [-0.05, 0) is 0 Å². The van der Waals surface area contributed by atoms with Gasteiger partial charge in [0, 0.05) is 0 Å². The summed E-state index contributed by atoms with van der Waals surface area (Å²) >= 11 is 7.05. The predicted molar refractivity (Wildman–Crippen MR) is 68.7 cm³/mol. The Morgan fingerprint density at radius 3 is 2.13 bits per heavy atom. The van der Waals surface area contributed by atoms with Crippen LogP contribution in [0, 0.1) is 0 Å². The minimum atomic E-state index is 0.541. The van der Waals surface area contributed by atoms with E-state index >= 15 is 0 Å². The SMILES string of the molecule is Clc1cccc([Se][Se]c2ccccc2)c1. The Morgan fingerprint density at radius 1 is 0.733 bits per heavy atom. The molecule has 2 rings (SSSR count). The number of hydrogen-bond acceptors (Lipinski definition) is 0. The molecule has 0 aliphatic heterocycles. The molecule has 0 atom stereocenters. The van der Waals surface area contributed by atoms with Gasteiger partial charge < -0.3 is 0 Å². The summed E-state index contributed by atoms with van der Waals surface area (Å²) < 4.78 is 2.85. The first-order valence-electron chi connectivity index (χ1n) is 4.50. The van der Waals surface area contributed by atoms with E-state index in [1.165, 1.54) is 8.92 Å². The van der Waals surface area contributed by atoms with Crippen molar-refractivity contribution in [3.05, 3.63) is 59.6 Å². The van der Waals surface area contributed by atoms with Crippen LogP contribution >= 0.6 is 11.6 Å². The Hall–Kier alpha value is -0.231. The number of halogens is 1. The van der Waals surface area contributed by atoms with Crippen LogP contribution in [0.25, 0.3) is 0 Å². The maximum absolute atomic E-state index is 5.94. The Labute approximate surface area is 106 Å². The number of hydrogen-bond donors (Lipinski definition) is 0. The molecule has 0 N–H and O–H groups in total. The van der Waals surface area contributed by atoms with Gasteiger partial charge in [0.15, 0.2) is 0 Å².